The summed E-state index contributed by atoms with van der Waals surface area (Å²) in [6, 6.07) is 1.74. The predicted octanol–water partition coefficient (Wildman–Crippen LogP) is 3.79. The number of Topliss-reactive ketones (excluding diaryl/α,β-unsaturated/α-hetero) is 1. The summed E-state index contributed by atoms with van der Waals surface area (Å²) < 4.78 is 148. The van der Waals surface area contributed by atoms with Gasteiger partial charge in [0.05, 0.1) is 36.3 Å². The van der Waals surface area contributed by atoms with E-state index in [-0.39, 0.29) is 5.56 Å². The zero-order valence-electron chi connectivity index (χ0n) is 28.0. The second-order valence-corrected chi connectivity index (χ2v) is 14.5. The highest BCUT2D eigenvalue weighted by Crippen LogP contribution is 2.39. The van der Waals surface area contributed by atoms with Crippen molar-refractivity contribution in [2.24, 2.45) is 5.92 Å². The summed E-state index contributed by atoms with van der Waals surface area (Å²) in [4.78, 5) is 52.9. The van der Waals surface area contributed by atoms with Crippen molar-refractivity contribution in [1.82, 2.24) is 15.5 Å². The van der Waals surface area contributed by atoms with E-state index in [9.17, 15) is 53.9 Å². The van der Waals surface area contributed by atoms with Gasteiger partial charge in [0.1, 0.15) is 17.8 Å². The largest absolute Gasteiger partial charge is 0.497 e. The summed E-state index contributed by atoms with van der Waals surface area (Å²) in [5.41, 5.74) is -3.35. The first-order valence-electron chi connectivity index (χ1n) is 15.4. The number of amides is 3. The molecule has 0 saturated carbocycles. The third-order valence-electron chi connectivity index (χ3n) is 8.20. The SMILES string of the molecule is COC[C@H](NC(=O)C(F)(F)c1ccccc1C(F)(F)F)C(=O)N1C[C@H](S(=O)(=O)Cc2ccc(OC)cc2)C[C@H]1C(=O)N[C@H](C(=O)C(F)(F)F)C(C)C. The number of ketones is 1. The molecule has 1 heterocycles. The van der Waals surface area contributed by atoms with Crippen LogP contribution >= 0.6 is 0 Å². The minimum absolute atomic E-state index is 0.244. The summed E-state index contributed by atoms with van der Waals surface area (Å²) in [5, 5.41) is 1.93. The number of ether oxygens (including phenoxy) is 2. The molecule has 3 amide bonds. The molecule has 20 heteroatoms. The molecule has 0 radical (unpaired) electrons. The minimum Gasteiger partial charge on any atom is -0.497 e. The normalized spacial score (nSPS) is 18.1. The summed E-state index contributed by atoms with van der Waals surface area (Å²) in [6.07, 6.45) is -11.4. The van der Waals surface area contributed by atoms with Gasteiger partial charge in [0, 0.05) is 19.2 Å². The Hall–Kier alpha value is -4.33. The molecule has 1 fully saturated rings. The number of nitrogens with zero attached hydrogens (tertiary/aromatic N) is 1. The van der Waals surface area contributed by atoms with Crippen molar-refractivity contribution in [3.05, 3.63) is 65.2 Å². The number of nitrogens with one attached hydrogen (secondary N) is 2. The number of hydrogen-bond acceptors (Lipinski definition) is 8. The second kappa shape index (κ2) is 16.1. The molecule has 0 unspecified atom stereocenters. The van der Waals surface area contributed by atoms with E-state index in [0.29, 0.717) is 22.8 Å². The van der Waals surface area contributed by atoms with Crippen molar-refractivity contribution in [1.29, 1.82) is 0 Å². The van der Waals surface area contributed by atoms with Crippen LogP contribution in [-0.2, 0) is 51.6 Å². The third kappa shape index (κ3) is 9.75. The molecule has 52 heavy (non-hydrogen) atoms. The maximum Gasteiger partial charge on any atom is 0.452 e. The number of likely N-dealkylation sites (tertiary alicyclic amines) is 1. The average Bonchev–Trinajstić information content (AvgIpc) is 3.52. The van der Waals surface area contributed by atoms with Crippen LogP contribution in [0.3, 0.4) is 0 Å². The first kappa shape index (κ1) is 42.1. The molecule has 2 aromatic rings. The van der Waals surface area contributed by atoms with Gasteiger partial charge in [-0.25, -0.2) is 8.42 Å². The van der Waals surface area contributed by atoms with Gasteiger partial charge >= 0.3 is 18.3 Å². The summed E-state index contributed by atoms with van der Waals surface area (Å²) in [5.74, 6) is -13.9. The molecule has 288 valence electrons. The van der Waals surface area contributed by atoms with Gasteiger partial charge in [0.15, 0.2) is 9.84 Å². The van der Waals surface area contributed by atoms with E-state index >= 15 is 8.78 Å². The van der Waals surface area contributed by atoms with E-state index in [1.54, 1.807) is 5.32 Å². The van der Waals surface area contributed by atoms with Crippen LogP contribution in [0.25, 0.3) is 0 Å². The van der Waals surface area contributed by atoms with Gasteiger partial charge in [-0.1, -0.05) is 44.2 Å². The molecule has 0 spiro atoms. The topological polar surface area (TPSA) is 148 Å². The van der Waals surface area contributed by atoms with Crippen molar-refractivity contribution in [2.75, 3.05) is 27.4 Å². The van der Waals surface area contributed by atoms with Gasteiger partial charge in [-0.15, -0.1) is 0 Å². The number of benzene rings is 2. The molecule has 3 rings (SSSR count). The van der Waals surface area contributed by atoms with Crippen molar-refractivity contribution in [3.8, 4) is 5.75 Å². The molecule has 0 aromatic heterocycles. The maximum absolute atomic E-state index is 15.3. The van der Waals surface area contributed by atoms with Crippen molar-refractivity contribution in [3.63, 3.8) is 0 Å². The van der Waals surface area contributed by atoms with Crippen LogP contribution in [0.4, 0.5) is 35.1 Å². The highest BCUT2D eigenvalue weighted by Gasteiger charge is 2.52. The van der Waals surface area contributed by atoms with Gasteiger partial charge in [-0.3, -0.25) is 19.2 Å². The van der Waals surface area contributed by atoms with Gasteiger partial charge in [-0.05, 0) is 36.1 Å². The lowest BCUT2D eigenvalue weighted by Gasteiger charge is -2.31. The number of methoxy groups -OCH3 is 2. The lowest BCUT2D eigenvalue weighted by atomic mass is 9.98. The van der Waals surface area contributed by atoms with E-state index in [0.717, 1.165) is 19.2 Å². The van der Waals surface area contributed by atoms with Crippen LogP contribution < -0.4 is 15.4 Å². The summed E-state index contributed by atoms with van der Waals surface area (Å²) >= 11 is 0. The van der Waals surface area contributed by atoms with E-state index in [2.05, 4.69) is 0 Å². The Morgan fingerprint density at radius 1 is 0.885 bits per heavy atom. The summed E-state index contributed by atoms with van der Waals surface area (Å²) in [7, 11) is -1.97. The number of halogens is 8. The highest BCUT2D eigenvalue weighted by atomic mass is 32.2. The molecule has 2 aromatic carbocycles. The zero-order valence-corrected chi connectivity index (χ0v) is 28.8. The quantitative estimate of drug-likeness (QED) is 0.276. The standard InChI is InChI=1S/C32H35F8N3O8S/c1-17(2)25(26(44)32(38,39)40)42-27(45)24-13-20(52(48,49)16-18-9-11-19(51-4)12-10-18)14-43(24)28(46)23(15-50-3)41-29(47)30(33,34)21-7-5-6-8-22(21)31(35,36)37/h5-12,17,20,23-25H,13-16H2,1-4H3,(H,41,47)(H,42,45)/t20-,23+,24+,25+/m1/s1. The van der Waals surface area contributed by atoms with Crippen LogP contribution in [0.15, 0.2) is 48.5 Å². The van der Waals surface area contributed by atoms with E-state index in [1.807, 2.05) is 5.32 Å². The molecule has 1 aliphatic heterocycles. The number of alkyl halides is 8. The van der Waals surface area contributed by atoms with E-state index < -0.39 is 117 Å². The smallest absolute Gasteiger partial charge is 0.452 e. The lowest BCUT2D eigenvalue weighted by molar-refractivity contribution is -0.175. The zero-order chi connectivity index (χ0) is 39.4. The Bertz CT molecular complexity index is 1730. The Labute approximate surface area is 292 Å². The van der Waals surface area contributed by atoms with Gasteiger partial charge in [0.2, 0.25) is 11.8 Å². The monoisotopic (exact) mass is 773 g/mol. The van der Waals surface area contributed by atoms with Gasteiger partial charge in [0.25, 0.3) is 11.7 Å². The summed E-state index contributed by atoms with van der Waals surface area (Å²) in [6.45, 7) is 0.597. The van der Waals surface area contributed by atoms with Gasteiger partial charge in [-0.2, -0.15) is 35.1 Å². The molecule has 11 nitrogen and oxygen atoms in total. The number of sulfone groups is 1. The van der Waals surface area contributed by atoms with Crippen LogP contribution in [0.5, 0.6) is 5.75 Å². The fourth-order valence-electron chi connectivity index (χ4n) is 5.50. The van der Waals surface area contributed by atoms with Crippen LogP contribution in [0.2, 0.25) is 0 Å². The Morgan fingerprint density at radius 2 is 1.46 bits per heavy atom. The Morgan fingerprint density at radius 3 is 1.96 bits per heavy atom. The van der Waals surface area contributed by atoms with Crippen molar-refractivity contribution in [2.45, 2.75) is 67.7 Å². The van der Waals surface area contributed by atoms with Crippen molar-refractivity contribution >= 4 is 33.3 Å². The number of hydrogen-bond donors (Lipinski definition) is 2. The average molecular weight is 774 g/mol. The fourth-order valence-corrected chi connectivity index (χ4v) is 7.26. The molecule has 0 bridgehead atoms. The van der Waals surface area contributed by atoms with Crippen LogP contribution in [-0.4, -0.2) is 93.7 Å². The Kier molecular flexibility index (Phi) is 13.1. The fraction of sp³-hybridized carbons (Fsp3) is 0.500. The first-order valence-corrected chi connectivity index (χ1v) is 17.1. The van der Waals surface area contributed by atoms with Gasteiger partial charge < -0.3 is 25.0 Å². The predicted molar refractivity (Wildman–Crippen MR) is 166 cm³/mol. The molecule has 2 N–H and O–H groups in total. The molecular weight excluding hydrogens is 738 g/mol. The molecule has 4 atom stereocenters. The number of carbonyl (C=O) groups is 4. The lowest BCUT2D eigenvalue weighted by Crippen LogP contribution is -2.59. The molecular formula is C32H35F8N3O8S. The first-order chi connectivity index (χ1) is 23.9. The van der Waals surface area contributed by atoms with Crippen LogP contribution in [0.1, 0.15) is 37.0 Å². The minimum atomic E-state index is -5.40. The number of carbonyl (C=O) groups excluding carboxylic acids is 4. The Balaban J connectivity index is 2.00. The third-order valence-corrected chi connectivity index (χ3v) is 10.3. The second-order valence-electron chi connectivity index (χ2n) is 12.2. The van der Waals surface area contributed by atoms with E-state index in [1.165, 1.54) is 45.2 Å². The van der Waals surface area contributed by atoms with E-state index in [4.69, 9.17) is 9.47 Å². The van der Waals surface area contributed by atoms with Crippen LogP contribution in [0, 0.1) is 5.92 Å². The molecule has 1 aliphatic rings. The molecule has 0 aliphatic carbocycles. The highest BCUT2D eigenvalue weighted by molar-refractivity contribution is 7.91. The molecule has 1 saturated heterocycles. The maximum atomic E-state index is 15.3. The number of rotatable bonds is 14. The van der Waals surface area contributed by atoms with Crippen molar-refractivity contribution < 1.29 is 72.2 Å².